The van der Waals surface area contributed by atoms with Crippen LogP contribution in [0.3, 0.4) is 0 Å². The summed E-state index contributed by atoms with van der Waals surface area (Å²) in [5, 5.41) is 0. The summed E-state index contributed by atoms with van der Waals surface area (Å²) < 4.78 is 0.194. The minimum Gasteiger partial charge on any atom is -0.405 e. The van der Waals surface area contributed by atoms with E-state index in [1.54, 1.807) is 12.2 Å². The molecule has 0 spiro atoms. The molecule has 0 bridgehead atoms. The molecule has 0 aromatic heterocycles. The van der Waals surface area contributed by atoms with Crippen LogP contribution in [-0.4, -0.2) is 4.75 Å². The monoisotopic (exact) mass is 271 g/mol. The summed E-state index contributed by atoms with van der Waals surface area (Å²) in [6.45, 7) is 17.3. The van der Waals surface area contributed by atoms with E-state index in [4.69, 9.17) is 5.73 Å². The van der Waals surface area contributed by atoms with E-state index >= 15 is 0 Å². The predicted molar refractivity (Wildman–Crippen MR) is 93.2 cm³/mol. The molecule has 0 saturated carbocycles. The molecule has 0 aliphatic heterocycles. The van der Waals surface area contributed by atoms with Crippen LogP contribution in [0, 0.1) is 0 Å². The molecule has 1 nitrogen and oxygen atoms in total. The fourth-order valence-corrected chi connectivity index (χ4v) is 0.222. The molecule has 2 N–H and O–H groups in total. The first-order valence-corrected chi connectivity index (χ1v) is 6.56. The predicted octanol–water partition coefficient (Wildman–Crippen LogP) is 5.52. The molecule has 0 atom stereocenters. The second kappa shape index (κ2) is 25.1. The van der Waals surface area contributed by atoms with Gasteiger partial charge in [0, 0.05) is 4.75 Å². The molecule has 0 radical (unpaired) electrons. The fourth-order valence-electron chi connectivity index (χ4n) is 0.222. The van der Waals surface area contributed by atoms with Gasteiger partial charge in [-0.05, 0) is 33.9 Å². The van der Waals surface area contributed by atoms with Gasteiger partial charge in [-0.1, -0.05) is 57.2 Å². The first-order chi connectivity index (χ1) is 8.24. The van der Waals surface area contributed by atoms with Gasteiger partial charge in [-0.25, -0.2) is 0 Å². The molecular weight excluding hydrogens is 238 g/mol. The first kappa shape index (κ1) is 25.8. The van der Waals surface area contributed by atoms with Gasteiger partial charge in [-0.3, -0.25) is 0 Å². The van der Waals surface area contributed by atoms with E-state index in [1.807, 2.05) is 52.0 Å². The lowest BCUT2D eigenvalue weighted by atomic mass is 10.3. The highest BCUT2D eigenvalue weighted by atomic mass is 32.1. The van der Waals surface area contributed by atoms with Crippen LogP contribution in [0.2, 0.25) is 0 Å². The van der Waals surface area contributed by atoms with Crippen molar-refractivity contribution in [2.75, 3.05) is 0 Å². The van der Waals surface area contributed by atoms with Gasteiger partial charge < -0.3 is 5.73 Å². The summed E-state index contributed by atoms with van der Waals surface area (Å²) >= 11 is 4.12. The Morgan fingerprint density at radius 2 is 1.06 bits per heavy atom. The Morgan fingerprint density at radius 3 is 1.11 bits per heavy atom. The van der Waals surface area contributed by atoms with E-state index in [0.29, 0.717) is 0 Å². The van der Waals surface area contributed by atoms with Crippen LogP contribution in [0.4, 0.5) is 0 Å². The average molecular weight is 272 g/mol. The van der Waals surface area contributed by atoms with Crippen molar-refractivity contribution < 1.29 is 0 Å². The maximum atomic E-state index is 4.85. The van der Waals surface area contributed by atoms with Crippen LogP contribution in [0.25, 0.3) is 0 Å². The zero-order valence-electron chi connectivity index (χ0n) is 13.3. The van der Waals surface area contributed by atoms with Crippen molar-refractivity contribution in [2.24, 2.45) is 5.73 Å². The Hall–Kier alpha value is -0.890. The van der Waals surface area contributed by atoms with E-state index < -0.39 is 0 Å². The molecule has 108 valence electrons. The van der Waals surface area contributed by atoms with E-state index in [2.05, 4.69) is 40.0 Å². The van der Waals surface area contributed by atoms with Crippen molar-refractivity contribution in [3.05, 3.63) is 49.2 Å². The van der Waals surface area contributed by atoms with Gasteiger partial charge >= 0.3 is 0 Å². The summed E-state index contributed by atoms with van der Waals surface area (Å²) in [5.41, 5.74) is 4.85. The third kappa shape index (κ3) is 311. The van der Waals surface area contributed by atoms with Gasteiger partial charge in [0.15, 0.2) is 0 Å². The fraction of sp³-hybridized carbons (Fsp3) is 0.500. The van der Waals surface area contributed by atoms with Gasteiger partial charge in [0.05, 0.1) is 0 Å². The quantitative estimate of drug-likeness (QED) is 0.366. The number of hydrogen-bond acceptors (Lipinski definition) is 2. The number of hydrogen-bond donors (Lipinski definition) is 2. The highest BCUT2D eigenvalue weighted by molar-refractivity contribution is 7.81. The van der Waals surface area contributed by atoms with Crippen LogP contribution in [0.15, 0.2) is 49.2 Å². The topological polar surface area (TPSA) is 26.0 Å². The standard InChI is InChI=1S/C6H10.C4H10S.C3H7N.C3H6/c1-3-5-6-4-2;1-4(2,3)5;1-2-3-4;1-3-2/h3-6H,1-2H3;5H,1-3H3;2-3H,4H2,1H3;3H,1H2,2H3/b5-3-,6-4-;;3-2-;. The van der Waals surface area contributed by atoms with Crippen molar-refractivity contribution in [3.8, 4) is 0 Å². The van der Waals surface area contributed by atoms with Gasteiger partial charge in [0.2, 0.25) is 0 Å². The molecule has 0 unspecified atom stereocenters. The molecule has 0 fully saturated rings. The average Bonchev–Trinajstić information content (AvgIpc) is 2.25. The normalized spacial score (nSPS) is 10.0. The lowest BCUT2D eigenvalue weighted by Gasteiger charge is -2.04. The molecule has 0 heterocycles. The van der Waals surface area contributed by atoms with Gasteiger partial charge in [0.1, 0.15) is 0 Å². The van der Waals surface area contributed by atoms with Crippen molar-refractivity contribution in [1.82, 2.24) is 0 Å². The molecule has 0 saturated heterocycles. The van der Waals surface area contributed by atoms with Crippen LogP contribution in [-0.2, 0) is 0 Å². The molecule has 0 rings (SSSR count). The van der Waals surface area contributed by atoms with Crippen molar-refractivity contribution in [3.63, 3.8) is 0 Å². The summed E-state index contributed by atoms with van der Waals surface area (Å²) in [7, 11) is 0. The summed E-state index contributed by atoms with van der Waals surface area (Å²) in [5.74, 6) is 0. The van der Waals surface area contributed by atoms with Crippen LogP contribution in [0.1, 0.15) is 48.5 Å². The smallest absolute Gasteiger partial charge is 0.00449 e. The highest BCUT2D eigenvalue weighted by Crippen LogP contribution is 2.07. The van der Waals surface area contributed by atoms with Crippen LogP contribution >= 0.6 is 12.6 Å². The van der Waals surface area contributed by atoms with Crippen LogP contribution in [0.5, 0.6) is 0 Å². The minimum atomic E-state index is 0.194. The molecular formula is C16H33NS. The molecule has 0 aromatic carbocycles. The van der Waals surface area contributed by atoms with E-state index in [0.717, 1.165) is 0 Å². The maximum absolute atomic E-state index is 4.85. The Labute approximate surface area is 121 Å². The summed E-state index contributed by atoms with van der Waals surface area (Å²) in [6, 6.07) is 0. The number of thiol groups is 1. The summed E-state index contributed by atoms with van der Waals surface area (Å²) in [6.07, 6.45) is 13.0. The zero-order chi connectivity index (χ0) is 15.4. The SMILES string of the molecule is C/C=C\C=C/C.C/C=C\N.C=CC.CC(C)(C)S. The largest absolute Gasteiger partial charge is 0.405 e. The first-order valence-electron chi connectivity index (χ1n) is 6.11. The molecule has 2 heteroatoms. The van der Waals surface area contributed by atoms with E-state index in [9.17, 15) is 0 Å². The van der Waals surface area contributed by atoms with Crippen molar-refractivity contribution in [2.45, 2.75) is 53.2 Å². The van der Waals surface area contributed by atoms with Crippen LogP contribution < -0.4 is 5.73 Å². The maximum Gasteiger partial charge on any atom is 0.00449 e. The molecule has 0 amide bonds. The second-order valence-electron chi connectivity index (χ2n) is 4.16. The Morgan fingerprint density at radius 1 is 0.889 bits per heavy atom. The Kier molecular flexibility index (Phi) is 36.0. The minimum absolute atomic E-state index is 0.194. The molecule has 0 aliphatic rings. The van der Waals surface area contributed by atoms with E-state index in [1.165, 1.54) is 6.20 Å². The number of rotatable bonds is 1. The Balaban J connectivity index is -0.0000000750. The van der Waals surface area contributed by atoms with Crippen molar-refractivity contribution >= 4 is 12.6 Å². The third-order valence-corrected chi connectivity index (χ3v) is 0.688. The van der Waals surface area contributed by atoms with Gasteiger partial charge in [-0.15, -0.1) is 6.58 Å². The van der Waals surface area contributed by atoms with E-state index in [-0.39, 0.29) is 4.75 Å². The molecule has 0 aliphatic carbocycles. The molecule has 0 aromatic rings. The molecule has 18 heavy (non-hydrogen) atoms. The third-order valence-electron chi connectivity index (χ3n) is 0.688. The highest BCUT2D eigenvalue weighted by Gasteiger charge is 1.96. The number of nitrogens with two attached hydrogens (primary N) is 1. The van der Waals surface area contributed by atoms with Crippen molar-refractivity contribution in [1.29, 1.82) is 0 Å². The zero-order valence-corrected chi connectivity index (χ0v) is 14.2. The second-order valence-corrected chi connectivity index (χ2v) is 5.50. The summed E-state index contributed by atoms with van der Waals surface area (Å²) in [4.78, 5) is 0. The Bertz CT molecular complexity index is 188. The number of allylic oxidation sites excluding steroid dienone is 6. The lowest BCUT2D eigenvalue weighted by molar-refractivity contribution is 0.812. The van der Waals surface area contributed by atoms with Gasteiger partial charge in [-0.2, -0.15) is 12.6 Å². The lowest BCUT2D eigenvalue weighted by Crippen LogP contribution is -1.99. The van der Waals surface area contributed by atoms with Gasteiger partial charge in [0.25, 0.3) is 0 Å².